The van der Waals surface area contributed by atoms with Gasteiger partial charge in [-0.25, -0.2) is 18.1 Å². The van der Waals surface area contributed by atoms with Crippen molar-refractivity contribution in [1.82, 2.24) is 25.2 Å². The van der Waals surface area contributed by atoms with Crippen LogP contribution in [0, 0.1) is 13.8 Å². The number of hydrogen-bond donors (Lipinski definition) is 3. The summed E-state index contributed by atoms with van der Waals surface area (Å²) in [6.45, 7) is 3.84. The third-order valence-electron chi connectivity index (χ3n) is 2.84. The van der Waals surface area contributed by atoms with Gasteiger partial charge in [0, 0.05) is 12.1 Å². The Balaban J connectivity index is 2.29. The van der Waals surface area contributed by atoms with Gasteiger partial charge in [-0.3, -0.25) is 5.10 Å². The van der Waals surface area contributed by atoms with E-state index in [1.807, 2.05) is 0 Å². The molecular formula is C11H17N5O3S. The maximum absolute atomic E-state index is 12.4. The second-order valence-electron chi connectivity index (χ2n) is 4.31. The van der Waals surface area contributed by atoms with Crippen LogP contribution in [0.25, 0.3) is 0 Å². The quantitative estimate of drug-likeness (QED) is 0.703. The van der Waals surface area contributed by atoms with Gasteiger partial charge in [0.2, 0.25) is 10.0 Å². The lowest BCUT2D eigenvalue weighted by atomic mass is 10.2. The highest BCUT2D eigenvalue weighted by atomic mass is 32.2. The molecule has 2 heterocycles. The van der Waals surface area contributed by atoms with Crippen LogP contribution >= 0.6 is 0 Å². The molecule has 2 rings (SSSR count). The predicted molar refractivity (Wildman–Crippen MR) is 71.4 cm³/mol. The molecule has 0 aromatic carbocycles. The van der Waals surface area contributed by atoms with E-state index >= 15 is 0 Å². The molecule has 0 radical (unpaired) electrons. The number of aryl methyl sites for hydroxylation is 2. The number of nitrogens with zero attached hydrogens (tertiary/aromatic N) is 2. The van der Waals surface area contributed by atoms with Crippen molar-refractivity contribution in [2.45, 2.75) is 31.8 Å². The molecule has 8 nitrogen and oxygen atoms in total. The van der Waals surface area contributed by atoms with E-state index in [1.165, 1.54) is 6.33 Å². The van der Waals surface area contributed by atoms with Crippen molar-refractivity contribution in [3.8, 4) is 0 Å². The van der Waals surface area contributed by atoms with Gasteiger partial charge in [0.05, 0.1) is 6.54 Å². The van der Waals surface area contributed by atoms with E-state index < -0.39 is 10.0 Å². The molecule has 2 aromatic rings. The van der Waals surface area contributed by atoms with E-state index in [2.05, 4.69) is 25.2 Å². The standard InChI is InChI=1S/C11H17N5O3S/c1-7-9(4-12-3)11(8(2)19-7)20(17,18)15-5-10-13-6-14-16-10/h6,12,15H,4-5H2,1-3H3,(H,13,14,16). The maximum atomic E-state index is 12.4. The molecule has 0 unspecified atom stereocenters. The predicted octanol–water partition coefficient (Wildman–Crippen LogP) is 0.212. The summed E-state index contributed by atoms with van der Waals surface area (Å²) < 4.78 is 32.7. The monoisotopic (exact) mass is 299 g/mol. The van der Waals surface area contributed by atoms with Gasteiger partial charge in [0.1, 0.15) is 28.6 Å². The van der Waals surface area contributed by atoms with E-state index in [4.69, 9.17) is 4.42 Å². The van der Waals surface area contributed by atoms with Crippen molar-refractivity contribution in [3.05, 3.63) is 29.2 Å². The second-order valence-corrected chi connectivity index (χ2v) is 6.01. The van der Waals surface area contributed by atoms with Crippen LogP contribution in [0.4, 0.5) is 0 Å². The minimum Gasteiger partial charge on any atom is -0.465 e. The molecule has 0 aliphatic carbocycles. The summed E-state index contributed by atoms with van der Waals surface area (Å²) in [6.07, 6.45) is 1.32. The molecule has 110 valence electrons. The summed E-state index contributed by atoms with van der Waals surface area (Å²) in [5.41, 5.74) is 0.634. The van der Waals surface area contributed by atoms with Crippen molar-refractivity contribution in [2.75, 3.05) is 7.05 Å². The molecule has 0 fully saturated rings. The Hall–Kier alpha value is -1.71. The summed E-state index contributed by atoms with van der Waals surface area (Å²) in [6, 6.07) is 0. The fourth-order valence-corrected chi connectivity index (χ4v) is 3.43. The van der Waals surface area contributed by atoms with Gasteiger partial charge in [-0.05, 0) is 20.9 Å². The molecule has 0 aliphatic heterocycles. The van der Waals surface area contributed by atoms with Crippen molar-refractivity contribution in [2.24, 2.45) is 0 Å². The number of furan rings is 1. The molecule has 0 aliphatic rings. The third-order valence-corrected chi connectivity index (χ3v) is 4.44. The molecule has 0 amide bonds. The Morgan fingerprint density at radius 2 is 2.05 bits per heavy atom. The Morgan fingerprint density at radius 1 is 1.30 bits per heavy atom. The first-order valence-corrected chi connectivity index (χ1v) is 7.51. The molecule has 0 atom stereocenters. The zero-order chi connectivity index (χ0) is 14.8. The van der Waals surface area contributed by atoms with Crippen LogP contribution in [0.1, 0.15) is 22.9 Å². The zero-order valence-corrected chi connectivity index (χ0v) is 12.3. The number of hydrogen-bond acceptors (Lipinski definition) is 6. The molecule has 3 N–H and O–H groups in total. The van der Waals surface area contributed by atoms with Crippen molar-refractivity contribution < 1.29 is 12.8 Å². The van der Waals surface area contributed by atoms with Gasteiger partial charge < -0.3 is 9.73 Å². The summed E-state index contributed by atoms with van der Waals surface area (Å²) in [5, 5.41) is 9.20. The average Bonchev–Trinajstić information content (AvgIpc) is 2.97. The number of rotatable bonds is 6. The van der Waals surface area contributed by atoms with Crippen LogP contribution in [0.2, 0.25) is 0 Å². The van der Waals surface area contributed by atoms with Gasteiger partial charge >= 0.3 is 0 Å². The smallest absolute Gasteiger partial charge is 0.244 e. The first kappa shape index (κ1) is 14.7. The SMILES string of the molecule is CNCc1c(C)oc(C)c1S(=O)(=O)NCc1ncn[nH]1. The molecule has 2 aromatic heterocycles. The topological polar surface area (TPSA) is 113 Å². The number of nitrogens with one attached hydrogen (secondary N) is 3. The Labute approximate surface area is 117 Å². The molecule has 0 saturated carbocycles. The van der Waals surface area contributed by atoms with Crippen molar-refractivity contribution in [3.63, 3.8) is 0 Å². The van der Waals surface area contributed by atoms with Gasteiger partial charge in [0.25, 0.3) is 0 Å². The molecule has 9 heteroatoms. The highest BCUT2D eigenvalue weighted by Gasteiger charge is 2.26. The van der Waals surface area contributed by atoms with Crippen LogP contribution in [-0.2, 0) is 23.1 Å². The fraction of sp³-hybridized carbons (Fsp3) is 0.455. The van der Waals surface area contributed by atoms with Crippen LogP contribution in [0.3, 0.4) is 0 Å². The van der Waals surface area contributed by atoms with E-state index in [0.29, 0.717) is 29.5 Å². The minimum absolute atomic E-state index is 0.0466. The lowest BCUT2D eigenvalue weighted by Crippen LogP contribution is -2.25. The third kappa shape index (κ3) is 2.89. The molecule has 0 saturated heterocycles. The zero-order valence-electron chi connectivity index (χ0n) is 11.5. The summed E-state index contributed by atoms with van der Waals surface area (Å²) >= 11 is 0. The van der Waals surface area contributed by atoms with Crippen LogP contribution in [-0.4, -0.2) is 30.6 Å². The van der Waals surface area contributed by atoms with Gasteiger partial charge in [0.15, 0.2) is 0 Å². The van der Waals surface area contributed by atoms with Gasteiger partial charge in [-0.15, -0.1) is 0 Å². The highest BCUT2D eigenvalue weighted by molar-refractivity contribution is 7.89. The van der Waals surface area contributed by atoms with Crippen LogP contribution in [0.15, 0.2) is 15.6 Å². The Bertz CT molecular complexity index is 675. The normalized spacial score (nSPS) is 11.9. The molecule has 20 heavy (non-hydrogen) atoms. The summed E-state index contributed by atoms with van der Waals surface area (Å²) in [7, 11) is -1.92. The summed E-state index contributed by atoms with van der Waals surface area (Å²) in [5.74, 6) is 1.41. The number of H-pyrrole nitrogens is 1. The number of aromatic nitrogens is 3. The highest BCUT2D eigenvalue weighted by Crippen LogP contribution is 2.26. The lowest BCUT2D eigenvalue weighted by molar-refractivity contribution is 0.493. The van der Waals surface area contributed by atoms with Crippen LogP contribution < -0.4 is 10.0 Å². The fourth-order valence-electron chi connectivity index (χ4n) is 1.99. The Morgan fingerprint density at radius 3 is 2.65 bits per heavy atom. The molecule has 0 bridgehead atoms. The van der Waals surface area contributed by atoms with E-state index in [-0.39, 0.29) is 11.4 Å². The van der Waals surface area contributed by atoms with Gasteiger partial charge in [-0.1, -0.05) is 0 Å². The first-order valence-electron chi connectivity index (χ1n) is 6.03. The maximum Gasteiger partial charge on any atom is 0.244 e. The minimum atomic E-state index is -3.67. The number of aromatic amines is 1. The second kappa shape index (κ2) is 5.73. The van der Waals surface area contributed by atoms with E-state index in [9.17, 15) is 8.42 Å². The van der Waals surface area contributed by atoms with E-state index in [1.54, 1.807) is 20.9 Å². The molecular weight excluding hydrogens is 282 g/mol. The first-order chi connectivity index (χ1) is 9.45. The summed E-state index contributed by atoms with van der Waals surface area (Å²) in [4.78, 5) is 4.05. The van der Waals surface area contributed by atoms with E-state index in [0.717, 1.165) is 0 Å². The average molecular weight is 299 g/mol. The van der Waals surface area contributed by atoms with Crippen molar-refractivity contribution >= 4 is 10.0 Å². The number of sulfonamides is 1. The lowest BCUT2D eigenvalue weighted by Gasteiger charge is -2.07. The van der Waals surface area contributed by atoms with Crippen LogP contribution in [0.5, 0.6) is 0 Å². The largest absolute Gasteiger partial charge is 0.465 e. The Kier molecular flexibility index (Phi) is 4.21. The van der Waals surface area contributed by atoms with Gasteiger partial charge in [-0.2, -0.15) is 5.10 Å². The van der Waals surface area contributed by atoms with Crippen molar-refractivity contribution in [1.29, 1.82) is 0 Å². The molecule has 0 spiro atoms.